The molecule has 0 aliphatic heterocycles. The van der Waals surface area contributed by atoms with Crippen LogP contribution in [0.2, 0.25) is 0 Å². The zero-order valence-electron chi connectivity index (χ0n) is 13.1. The van der Waals surface area contributed by atoms with Gasteiger partial charge in [-0.15, -0.1) is 0 Å². The number of thiophene rings is 1. The zero-order valence-corrected chi connectivity index (χ0v) is 13.9. The molecule has 1 saturated carbocycles. The van der Waals surface area contributed by atoms with Crippen LogP contribution >= 0.6 is 11.3 Å². The third-order valence-electron chi connectivity index (χ3n) is 5.16. The van der Waals surface area contributed by atoms with Gasteiger partial charge in [0.05, 0.1) is 0 Å². The van der Waals surface area contributed by atoms with E-state index in [9.17, 15) is 0 Å². The van der Waals surface area contributed by atoms with Gasteiger partial charge in [0.15, 0.2) is 0 Å². The first kappa shape index (κ1) is 16.0. The fourth-order valence-electron chi connectivity index (χ4n) is 3.72. The quantitative estimate of drug-likeness (QED) is 0.794. The van der Waals surface area contributed by atoms with Gasteiger partial charge in [-0.25, -0.2) is 0 Å². The Balaban J connectivity index is 2.00. The van der Waals surface area contributed by atoms with Crippen molar-refractivity contribution in [3.63, 3.8) is 0 Å². The van der Waals surface area contributed by atoms with Crippen molar-refractivity contribution < 1.29 is 0 Å². The number of likely N-dealkylation sites (N-methyl/N-ethyl adjacent to an activating group) is 1. The van der Waals surface area contributed by atoms with Crippen molar-refractivity contribution in [1.82, 2.24) is 4.90 Å². The highest BCUT2D eigenvalue weighted by atomic mass is 32.1. The molecule has 1 aromatic rings. The fraction of sp³-hybridized carbons (Fsp3) is 0.765. The Morgan fingerprint density at radius 3 is 2.90 bits per heavy atom. The Bertz CT molecular complexity index is 376. The largest absolute Gasteiger partial charge is 0.329 e. The number of hydrogen-bond acceptors (Lipinski definition) is 3. The molecule has 3 heteroatoms. The standard InChI is InChI=1S/C17H30N2S/c1-3-5-15-6-4-9-17(14-18,10-7-15)19(2)12-16-8-11-20-13-16/h8,11,13,15H,3-7,9-10,12,14,18H2,1-2H3. The second-order valence-corrected chi connectivity index (χ2v) is 7.28. The molecule has 1 heterocycles. The van der Waals surface area contributed by atoms with E-state index in [-0.39, 0.29) is 5.54 Å². The number of rotatable bonds is 6. The van der Waals surface area contributed by atoms with Gasteiger partial charge in [-0.3, -0.25) is 4.90 Å². The van der Waals surface area contributed by atoms with Crippen LogP contribution in [0.3, 0.4) is 0 Å². The van der Waals surface area contributed by atoms with Crippen LogP contribution in [0, 0.1) is 5.92 Å². The minimum Gasteiger partial charge on any atom is -0.329 e. The van der Waals surface area contributed by atoms with E-state index in [0.29, 0.717) is 0 Å². The van der Waals surface area contributed by atoms with E-state index in [1.165, 1.54) is 50.5 Å². The molecule has 0 aromatic carbocycles. The summed E-state index contributed by atoms with van der Waals surface area (Å²) in [7, 11) is 2.27. The van der Waals surface area contributed by atoms with Crippen LogP contribution < -0.4 is 5.73 Å². The molecule has 2 N–H and O–H groups in total. The molecule has 1 fully saturated rings. The van der Waals surface area contributed by atoms with Crippen LogP contribution in [0.15, 0.2) is 16.8 Å². The summed E-state index contributed by atoms with van der Waals surface area (Å²) in [4.78, 5) is 2.53. The molecule has 2 rings (SSSR count). The van der Waals surface area contributed by atoms with E-state index in [1.54, 1.807) is 11.3 Å². The van der Waals surface area contributed by atoms with Crippen molar-refractivity contribution in [1.29, 1.82) is 0 Å². The Morgan fingerprint density at radius 1 is 1.40 bits per heavy atom. The minimum absolute atomic E-state index is 0.227. The van der Waals surface area contributed by atoms with Crippen LogP contribution in [0.5, 0.6) is 0 Å². The Kier molecular flexibility index (Phi) is 6.06. The highest BCUT2D eigenvalue weighted by Gasteiger charge is 2.35. The van der Waals surface area contributed by atoms with E-state index in [2.05, 4.69) is 35.7 Å². The first-order chi connectivity index (χ1) is 9.70. The van der Waals surface area contributed by atoms with Gasteiger partial charge in [0, 0.05) is 18.6 Å². The normalized spacial score (nSPS) is 27.7. The van der Waals surface area contributed by atoms with Gasteiger partial charge in [-0.05, 0) is 54.6 Å². The molecule has 1 aromatic heterocycles. The molecule has 2 nitrogen and oxygen atoms in total. The van der Waals surface area contributed by atoms with Crippen LogP contribution in [-0.4, -0.2) is 24.0 Å². The maximum absolute atomic E-state index is 6.22. The predicted molar refractivity (Wildman–Crippen MR) is 89.1 cm³/mol. The lowest BCUT2D eigenvalue weighted by Crippen LogP contribution is -2.51. The highest BCUT2D eigenvalue weighted by Crippen LogP contribution is 2.36. The lowest BCUT2D eigenvalue weighted by atomic mass is 9.87. The molecular formula is C17H30N2S. The SMILES string of the molecule is CCCC1CCCC(CN)(N(C)Cc2ccsc2)CC1. The molecule has 1 aliphatic carbocycles. The summed E-state index contributed by atoms with van der Waals surface area (Å²) in [5.74, 6) is 0.933. The van der Waals surface area contributed by atoms with Crippen molar-refractivity contribution in [3.05, 3.63) is 22.4 Å². The van der Waals surface area contributed by atoms with Gasteiger partial charge in [0.1, 0.15) is 0 Å². The van der Waals surface area contributed by atoms with E-state index in [1.807, 2.05) is 0 Å². The maximum atomic E-state index is 6.22. The monoisotopic (exact) mass is 294 g/mol. The van der Waals surface area contributed by atoms with Gasteiger partial charge in [0.2, 0.25) is 0 Å². The molecule has 0 amide bonds. The lowest BCUT2D eigenvalue weighted by molar-refractivity contribution is 0.0984. The number of nitrogens with two attached hydrogens (primary N) is 1. The van der Waals surface area contributed by atoms with Crippen LogP contribution in [0.4, 0.5) is 0 Å². The molecule has 20 heavy (non-hydrogen) atoms. The van der Waals surface area contributed by atoms with Crippen molar-refractivity contribution in [3.8, 4) is 0 Å². The molecule has 0 spiro atoms. The first-order valence-electron chi connectivity index (χ1n) is 8.12. The molecule has 0 saturated heterocycles. The fourth-order valence-corrected chi connectivity index (χ4v) is 4.38. The van der Waals surface area contributed by atoms with Gasteiger partial charge in [-0.1, -0.05) is 32.6 Å². The third kappa shape index (κ3) is 3.84. The summed E-state index contributed by atoms with van der Waals surface area (Å²) >= 11 is 1.79. The van der Waals surface area contributed by atoms with E-state index in [4.69, 9.17) is 5.73 Å². The van der Waals surface area contributed by atoms with Crippen molar-refractivity contribution in [2.24, 2.45) is 11.7 Å². The summed E-state index contributed by atoms with van der Waals surface area (Å²) in [6, 6.07) is 2.24. The molecule has 1 aliphatic rings. The third-order valence-corrected chi connectivity index (χ3v) is 5.89. The van der Waals surface area contributed by atoms with E-state index < -0.39 is 0 Å². The second-order valence-electron chi connectivity index (χ2n) is 6.50. The highest BCUT2D eigenvalue weighted by molar-refractivity contribution is 7.07. The van der Waals surface area contributed by atoms with Crippen molar-refractivity contribution >= 4 is 11.3 Å². The summed E-state index contributed by atoms with van der Waals surface area (Å²) in [5.41, 5.74) is 7.87. The molecule has 2 atom stereocenters. The Morgan fingerprint density at radius 2 is 2.25 bits per heavy atom. The number of hydrogen-bond donors (Lipinski definition) is 1. The topological polar surface area (TPSA) is 29.3 Å². The van der Waals surface area contributed by atoms with Crippen LogP contribution in [-0.2, 0) is 6.54 Å². The summed E-state index contributed by atoms with van der Waals surface area (Å²) in [5, 5.41) is 4.43. The van der Waals surface area contributed by atoms with Crippen molar-refractivity contribution in [2.45, 2.75) is 64.0 Å². The maximum Gasteiger partial charge on any atom is 0.0332 e. The van der Waals surface area contributed by atoms with Gasteiger partial charge in [0.25, 0.3) is 0 Å². The minimum atomic E-state index is 0.227. The van der Waals surface area contributed by atoms with Crippen molar-refractivity contribution in [2.75, 3.05) is 13.6 Å². The molecule has 0 radical (unpaired) electrons. The Labute approximate surface area is 128 Å². The van der Waals surface area contributed by atoms with E-state index in [0.717, 1.165) is 19.0 Å². The van der Waals surface area contributed by atoms with Crippen LogP contribution in [0.1, 0.15) is 57.4 Å². The summed E-state index contributed by atoms with van der Waals surface area (Å²) in [6.45, 7) is 4.15. The average Bonchev–Trinajstić information content (AvgIpc) is 2.86. The van der Waals surface area contributed by atoms with E-state index >= 15 is 0 Å². The van der Waals surface area contributed by atoms with Gasteiger partial charge >= 0.3 is 0 Å². The smallest absolute Gasteiger partial charge is 0.0332 e. The Hall–Kier alpha value is -0.380. The molecule has 114 valence electrons. The molecular weight excluding hydrogens is 264 g/mol. The predicted octanol–water partition coefficient (Wildman–Crippen LogP) is 4.26. The summed E-state index contributed by atoms with van der Waals surface area (Å²) in [6.07, 6.45) is 9.37. The first-order valence-corrected chi connectivity index (χ1v) is 9.07. The van der Waals surface area contributed by atoms with Gasteiger partial charge in [-0.2, -0.15) is 11.3 Å². The summed E-state index contributed by atoms with van der Waals surface area (Å²) < 4.78 is 0. The lowest BCUT2D eigenvalue weighted by Gasteiger charge is -2.41. The zero-order chi connectivity index (χ0) is 14.4. The number of nitrogens with zero attached hydrogens (tertiary/aromatic N) is 1. The average molecular weight is 295 g/mol. The second kappa shape index (κ2) is 7.58. The van der Waals surface area contributed by atoms with Gasteiger partial charge < -0.3 is 5.73 Å². The molecule has 2 unspecified atom stereocenters. The molecule has 0 bridgehead atoms. The van der Waals surface area contributed by atoms with Crippen LogP contribution in [0.25, 0.3) is 0 Å².